The van der Waals surface area contributed by atoms with Crippen molar-refractivity contribution < 1.29 is 9.47 Å². The minimum atomic E-state index is 0.670. The molecule has 0 spiro atoms. The van der Waals surface area contributed by atoms with Crippen LogP contribution in [0.1, 0.15) is 17.5 Å². The number of aliphatic imine (C=N–C) groups is 1. The maximum atomic E-state index is 5.85. The number of hydrogen-bond acceptors (Lipinski definition) is 5. The van der Waals surface area contributed by atoms with Crippen molar-refractivity contribution in [3.05, 3.63) is 29.3 Å². The molecule has 0 unspecified atom stereocenters. The first-order chi connectivity index (χ1) is 9.79. The third-order valence-corrected chi connectivity index (χ3v) is 3.09. The number of nitrogens with zero attached hydrogens (tertiary/aromatic N) is 1. The highest BCUT2D eigenvalue weighted by molar-refractivity contribution is 5.81. The Hall–Kier alpha value is -1.75. The number of aryl methyl sites for hydroxylation is 1. The quantitative estimate of drug-likeness (QED) is 0.741. The molecule has 0 saturated heterocycles. The number of guanidine groups is 1. The van der Waals surface area contributed by atoms with Crippen LogP contribution in [0.5, 0.6) is 5.75 Å². The second-order valence-corrected chi connectivity index (χ2v) is 4.82. The third-order valence-electron chi connectivity index (χ3n) is 3.09. The molecular weight excluding hydrogens is 254 g/mol. The van der Waals surface area contributed by atoms with Gasteiger partial charge in [0.1, 0.15) is 5.75 Å². The summed E-state index contributed by atoms with van der Waals surface area (Å²) in [7, 11) is 1.71. The van der Waals surface area contributed by atoms with Gasteiger partial charge in [0.15, 0.2) is 5.96 Å². The van der Waals surface area contributed by atoms with Gasteiger partial charge >= 0.3 is 0 Å². The van der Waals surface area contributed by atoms with E-state index in [1.54, 1.807) is 7.11 Å². The standard InChI is InChI=1S/C15H23N3O2/c1-12-4-5-13(11-18-15-16-6-7-17-15)14(10-12)20-9-3-8-19-2/h4-5,10H,3,6-9,11H2,1-2H3,(H2,16,17,18). The van der Waals surface area contributed by atoms with E-state index in [0.29, 0.717) is 13.2 Å². The molecule has 0 bridgehead atoms. The van der Waals surface area contributed by atoms with E-state index in [4.69, 9.17) is 9.47 Å². The monoisotopic (exact) mass is 277 g/mol. The minimum Gasteiger partial charge on any atom is -0.493 e. The van der Waals surface area contributed by atoms with Gasteiger partial charge in [0.05, 0.1) is 13.2 Å². The van der Waals surface area contributed by atoms with Crippen molar-refractivity contribution in [3.63, 3.8) is 0 Å². The van der Waals surface area contributed by atoms with E-state index in [1.807, 2.05) is 0 Å². The predicted molar refractivity (Wildman–Crippen MR) is 80.3 cm³/mol. The molecule has 1 aliphatic rings. The van der Waals surface area contributed by atoms with Gasteiger partial charge in [-0.2, -0.15) is 0 Å². The Balaban J connectivity index is 1.92. The second-order valence-electron chi connectivity index (χ2n) is 4.82. The number of ether oxygens (including phenoxy) is 2. The van der Waals surface area contributed by atoms with Gasteiger partial charge in [0.25, 0.3) is 0 Å². The number of methoxy groups -OCH3 is 1. The SMILES string of the molecule is COCCCOc1cc(C)ccc1CNC1=NCCN1. The number of nitrogens with one attached hydrogen (secondary N) is 2. The average Bonchev–Trinajstić information content (AvgIpc) is 2.96. The molecule has 0 amide bonds. The Morgan fingerprint density at radius 3 is 3.00 bits per heavy atom. The summed E-state index contributed by atoms with van der Waals surface area (Å²) in [5, 5.41) is 6.49. The van der Waals surface area contributed by atoms with E-state index in [1.165, 1.54) is 5.56 Å². The fourth-order valence-electron chi connectivity index (χ4n) is 2.02. The van der Waals surface area contributed by atoms with E-state index in [-0.39, 0.29) is 0 Å². The smallest absolute Gasteiger partial charge is 0.191 e. The summed E-state index contributed by atoms with van der Waals surface area (Å²) in [4.78, 5) is 4.32. The van der Waals surface area contributed by atoms with Crippen molar-refractivity contribution in [2.75, 3.05) is 33.4 Å². The van der Waals surface area contributed by atoms with Crippen LogP contribution in [0.15, 0.2) is 23.2 Å². The largest absolute Gasteiger partial charge is 0.493 e. The molecule has 1 aliphatic heterocycles. The molecule has 110 valence electrons. The Bertz CT molecular complexity index is 460. The molecule has 2 rings (SSSR count). The lowest BCUT2D eigenvalue weighted by Crippen LogP contribution is -2.33. The molecule has 0 saturated carbocycles. The van der Waals surface area contributed by atoms with Crippen molar-refractivity contribution in [1.29, 1.82) is 0 Å². The Morgan fingerprint density at radius 1 is 1.35 bits per heavy atom. The summed E-state index contributed by atoms with van der Waals surface area (Å²) >= 11 is 0. The first-order valence-corrected chi connectivity index (χ1v) is 7.03. The van der Waals surface area contributed by atoms with Gasteiger partial charge < -0.3 is 20.1 Å². The van der Waals surface area contributed by atoms with Gasteiger partial charge in [0.2, 0.25) is 0 Å². The van der Waals surface area contributed by atoms with Crippen molar-refractivity contribution in [3.8, 4) is 5.75 Å². The van der Waals surface area contributed by atoms with Crippen molar-refractivity contribution in [1.82, 2.24) is 10.6 Å². The zero-order valence-electron chi connectivity index (χ0n) is 12.2. The molecule has 1 heterocycles. The van der Waals surface area contributed by atoms with E-state index in [2.05, 4.69) is 40.7 Å². The minimum absolute atomic E-state index is 0.670. The number of rotatable bonds is 7. The molecular formula is C15H23N3O2. The molecule has 5 nitrogen and oxygen atoms in total. The predicted octanol–water partition coefficient (Wildman–Crippen LogP) is 1.46. The third kappa shape index (κ3) is 4.42. The summed E-state index contributed by atoms with van der Waals surface area (Å²) in [5.41, 5.74) is 2.34. The molecule has 5 heteroatoms. The maximum absolute atomic E-state index is 5.85. The van der Waals surface area contributed by atoms with Gasteiger partial charge in [-0.1, -0.05) is 12.1 Å². The van der Waals surface area contributed by atoms with Crippen LogP contribution in [0.3, 0.4) is 0 Å². The van der Waals surface area contributed by atoms with Crippen molar-refractivity contribution in [2.45, 2.75) is 19.9 Å². The van der Waals surface area contributed by atoms with Crippen LogP contribution in [0.25, 0.3) is 0 Å². The van der Waals surface area contributed by atoms with Gasteiger partial charge in [-0.05, 0) is 18.6 Å². The van der Waals surface area contributed by atoms with E-state index in [0.717, 1.165) is 43.4 Å². The summed E-state index contributed by atoms with van der Waals surface area (Å²) in [5.74, 6) is 1.81. The van der Waals surface area contributed by atoms with Gasteiger partial charge in [-0.3, -0.25) is 4.99 Å². The lowest BCUT2D eigenvalue weighted by Gasteiger charge is -2.13. The number of hydrogen-bond donors (Lipinski definition) is 2. The van der Waals surface area contributed by atoms with Crippen LogP contribution in [-0.4, -0.2) is 39.4 Å². The van der Waals surface area contributed by atoms with Crippen LogP contribution in [0.2, 0.25) is 0 Å². The Kier molecular flexibility index (Phi) is 5.68. The zero-order valence-corrected chi connectivity index (χ0v) is 12.2. The summed E-state index contributed by atoms with van der Waals surface area (Å²) in [6.45, 7) is 5.93. The first kappa shape index (κ1) is 14.7. The fraction of sp³-hybridized carbons (Fsp3) is 0.533. The fourth-order valence-corrected chi connectivity index (χ4v) is 2.02. The van der Waals surface area contributed by atoms with Crippen LogP contribution in [0, 0.1) is 6.92 Å². The molecule has 1 aromatic carbocycles. The van der Waals surface area contributed by atoms with E-state index in [9.17, 15) is 0 Å². The lowest BCUT2D eigenvalue weighted by molar-refractivity contribution is 0.172. The molecule has 2 N–H and O–H groups in total. The zero-order chi connectivity index (χ0) is 14.2. The second kappa shape index (κ2) is 7.75. The molecule has 0 aromatic heterocycles. The molecule has 0 radical (unpaired) electrons. The maximum Gasteiger partial charge on any atom is 0.191 e. The summed E-state index contributed by atoms with van der Waals surface area (Å²) in [6.07, 6.45) is 0.894. The topological polar surface area (TPSA) is 54.9 Å². The first-order valence-electron chi connectivity index (χ1n) is 7.03. The Morgan fingerprint density at radius 2 is 2.25 bits per heavy atom. The van der Waals surface area contributed by atoms with E-state index < -0.39 is 0 Å². The summed E-state index contributed by atoms with van der Waals surface area (Å²) in [6, 6.07) is 6.28. The molecule has 0 atom stereocenters. The van der Waals surface area contributed by atoms with E-state index >= 15 is 0 Å². The molecule has 0 aliphatic carbocycles. The average molecular weight is 277 g/mol. The van der Waals surface area contributed by atoms with Crippen LogP contribution >= 0.6 is 0 Å². The van der Waals surface area contributed by atoms with Crippen LogP contribution in [-0.2, 0) is 11.3 Å². The van der Waals surface area contributed by atoms with Gasteiger partial charge in [0, 0.05) is 38.8 Å². The van der Waals surface area contributed by atoms with Crippen LogP contribution < -0.4 is 15.4 Å². The molecule has 20 heavy (non-hydrogen) atoms. The normalized spacial score (nSPS) is 13.8. The van der Waals surface area contributed by atoms with Crippen molar-refractivity contribution in [2.24, 2.45) is 4.99 Å². The van der Waals surface area contributed by atoms with Gasteiger partial charge in [-0.25, -0.2) is 0 Å². The molecule has 1 aromatic rings. The van der Waals surface area contributed by atoms with Crippen LogP contribution in [0.4, 0.5) is 0 Å². The Labute approximate surface area is 120 Å². The highest BCUT2D eigenvalue weighted by Crippen LogP contribution is 2.20. The highest BCUT2D eigenvalue weighted by atomic mass is 16.5. The summed E-state index contributed by atoms with van der Waals surface area (Å²) < 4.78 is 10.9. The van der Waals surface area contributed by atoms with Gasteiger partial charge in [-0.15, -0.1) is 0 Å². The lowest BCUT2D eigenvalue weighted by atomic mass is 10.1. The molecule has 0 fully saturated rings. The highest BCUT2D eigenvalue weighted by Gasteiger charge is 2.08. The number of benzene rings is 1. The van der Waals surface area contributed by atoms with Crippen molar-refractivity contribution >= 4 is 5.96 Å².